The van der Waals surface area contributed by atoms with E-state index in [1.165, 1.54) is 13.2 Å². The molecule has 0 radical (unpaired) electrons. The smallest absolute Gasteiger partial charge is 0.421 e. The number of halogens is 6. The van der Waals surface area contributed by atoms with Gasteiger partial charge < -0.3 is 15.4 Å². The Morgan fingerprint density at radius 3 is 2.64 bits per heavy atom. The lowest BCUT2D eigenvalue weighted by Gasteiger charge is -2.31. The molecule has 1 aromatic rings. The van der Waals surface area contributed by atoms with E-state index in [2.05, 4.69) is 20.6 Å². The van der Waals surface area contributed by atoms with Crippen molar-refractivity contribution in [2.24, 2.45) is 10.9 Å². The van der Waals surface area contributed by atoms with Crippen LogP contribution in [0.15, 0.2) is 23.3 Å². The van der Waals surface area contributed by atoms with Crippen LogP contribution in [-0.4, -0.2) is 43.4 Å². The highest BCUT2D eigenvalue weighted by atomic mass is 19.4. The van der Waals surface area contributed by atoms with Gasteiger partial charge in [0.25, 0.3) is 0 Å². The van der Waals surface area contributed by atoms with E-state index >= 15 is 0 Å². The molecular weight excluding hydrogens is 390 g/mol. The molecule has 1 aliphatic carbocycles. The minimum Gasteiger partial charge on any atom is -0.475 e. The van der Waals surface area contributed by atoms with Crippen molar-refractivity contribution < 1.29 is 31.1 Å². The molecule has 28 heavy (non-hydrogen) atoms. The third kappa shape index (κ3) is 6.45. The zero-order chi connectivity index (χ0) is 20.8. The van der Waals surface area contributed by atoms with Crippen molar-refractivity contribution in [2.45, 2.75) is 44.1 Å². The van der Waals surface area contributed by atoms with Crippen LogP contribution >= 0.6 is 0 Å². The van der Waals surface area contributed by atoms with Crippen LogP contribution in [0.25, 0.3) is 0 Å². The molecule has 1 saturated carbocycles. The lowest BCUT2D eigenvalue weighted by Crippen LogP contribution is -2.47. The zero-order valence-corrected chi connectivity index (χ0v) is 15.2. The molecule has 0 aliphatic heterocycles. The van der Waals surface area contributed by atoms with Crippen molar-refractivity contribution in [3.63, 3.8) is 0 Å². The van der Waals surface area contributed by atoms with Gasteiger partial charge in [-0.2, -0.15) is 26.3 Å². The van der Waals surface area contributed by atoms with Crippen LogP contribution in [0.3, 0.4) is 0 Å². The lowest BCUT2D eigenvalue weighted by atomic mass is 9.85. The van der Waals surface area contributed by atoms with Crippen molar-refractivity contribution in [1.82, 2.24) is 15.6 Å². The van der Waals surface area contributed by atoms with Crippen LogP contribution in [0, 0.1) is 5.92 Å². The van der Waals surface area contributed by atoms with Gasteiger partial charge in [0, 0.05) is 19.3 Å². The van der Waals surface area contributed by atoms with Gasteiger partial charge in [-0.25, -0.2) is 4.98 Å². The van der Waals surface area contributed by atoms with Gasteiger partial charge in [0.05, 0.1) is 12.5 Å². The largest absolute Gasteiger partial charge is 0.475 e. The average Bonchev–Trinajstić information content (AvgIpc) is 2.63. The minimum absolute atomic E-state index is 0.0381. The second-order valence-corrected chi connectivity index (χ2v) is 6.45. The predicted octanol–water partition coefficient (Wildman–Crippen LogP) is 3.77. The van der Waals surface area contributed by atoms with E-state index < -0.39 is 29.7 Å². The van der Waals surface area contributed by atoms with Crippen LogP contribution in [0.5, 0.6) is 5.88 Å². The van der Waals surface area contributed by atoms with Crippen molar-refractivity contribution >= 4 is 5.96 Å². The molecule has 0 bridgehead atoms. The summed E-state index contributed by atoms with van der Waals surface area (Å²) in [7, 11) is 1.46. The number of hydrogen-bond acceptors (Lipinski definition) is 3. The molecule has 2 unspecified atom stereocenters. The van der Waals surface area contributed by atoms with Crippen molar-refractivity contribution in [1.29, 1.82) is 0 Å². The van der Waals surface area contributed by atoms with E-state index in [0.29, 0.717) is 12.8 Å². The van der Waals surface area contributed by atoms with Gasteiger partial charge in [-0.3, -0.25) is 4.99 Å². The Labute approximate surface area is 158 Å². The predicted molar refractivity (Wildman–Crippen MR) is 91.0 cm³/mol. The van der Waals surface area contributed by atoms with E-state index in [9.17, 15) is 26.3 Å². The number of aromatic nitrogens is 1. The molecule has 0 amide bonds. The first-order valence-corrected chi connectivity index (χ1v) is 8.80. The molecule has 2 rings (SSSR count). The number of nitrogens with one attached hydrogen (secondary N) is 2. The number of ether oxygens (including phenoxy) is 1. The monoisotopic (exact) mass is 412 g/mol. The fourth-order valence-corrected chi connectivity index (χ4v) is 3.04. The fraction of sp³-hybridized carbons (Fsp3) is 0.647. The van der Waals surface area contributed by atoms with Gasteiger partial charge in [-0.05, 0) is 31.4 Å². The summed E-state index contributed by atoms with van der Waals surface area (Å²) in [6, 6.07) is 1.66. The molecule has 11 heteroatoms. The first-order valence-electron chi connectivity index (χ1n) is 8.80. The maximum absolute atomic E-state index is 12.9. The number of rotatable bonds is 5. The highest BCUT2D eigenvalue weighted by Crippen LogP contribution is 2.37. The molecule has 1 aromatic heterocycles. The number of pyridine rings is 1. The van der Waals surface area contributed by atoms with E-state index in [1.807, 2.05) is 0 Å². The number of hydrogen-bond donors (Lipinski definition) is 2. The summed E-state index contributed by atoms with van der Waals surface area (Å²) in [4.78, 5) is 7.52. The normalized spacial score (nSPS) is 21.3. The molecule has 0 aromatic carbocycles. The van der Waals surface area contributed by atoms with E-state index in [4.69, 9.17) is 4.74 Å². The number of nitrogens with zero attached hydrogens (tertiary/aromatic N) is 2. The Morgan fingerprint density at radius 1 is 1.25 bits per heavy atom. The van der Waals surface area contributed by atoms with Crippen LogP contribution in [0.2, 0.25) is 0 Å². The number of alkyl halides is 6. The summed E-state index contributed by atoms with van der Waals surface area (Å²) in [5, 5.41) is 5.75. The maximum atomic E-state index is 12.9. The van der Waals surface area contributed by atoms with Gasteiger partial charge in [0.1, 0.15) is 12.2 Å². The van der Waals surface area contributed by atoms with Crippen LogP contribution in [0.4, 0.5) is 26.3 Å². The first kappa shape index (κ1) is 22.1. The Kier molecular flexibility index (Phi) is 7.36. The second-order valence-electron chi connectivity index (χ2n) is 6.45. The molecule has 158 valence electrons. The van der Waals surface area contributed by atoms with Crippen molar-refractivity contribution in [3.05, 3.63) is 23.9 Å². The molecule has 2 atom stereocenters. The molecule has 1 aliphatic rings. The first-order chi connectivity index (χ1) is 13.1. The Morgan fingerprint density at radius 2 is 2.00 bits per heavy atom. The van der Waals surface area contributed by atoms with Crippen molar-refractivity contribution in [3.8, 4) is 5.88 Å². The molecule has 2 N–H and O–H groups in total. The van der Waals surface area contributed by atoms with Crippen LogP contribution < -0.4 is 15.4 Å². The summed E-state index contributed by atoms with van der Waals surface area (Å²) >= 11 is 0. The Hall–Kier alpha value is -2.20. The average molecular weight is 412 g/mol. The molecular formula is C17H22F6N4O. The number of guanidine groups is 1. The third-order valence-corrected chi connectivity index (χ3v) is 4.41. The molecule has 1 fully saturated rings. The zero-order valence-electron chi connectivity index (χ0n) is 15.2. The second kappa shape index (κ2) is 9.33. The Balaban J connectivity index is 1.81. The van der Waals surface area contributed by atoms with E-state index in [-0.39, 0.29) is 38.0 Å². The third-order valence-electron chi connectivity index (χ3n) is 4.41. The van der Waals surface area contributed by atoms with E-state index in [1.54, 1.807) is 0 Å². The highest BCUT2D eigenvalue weighted by Gasteiger charge is 2.42. The standard InChI is InChI=1S/C17H22F6N4O/c1-24-15(27-12-5-2-4-11(10-12)16(18,19)20)26-8-9-28-14-13(17(21,22)23)6-3-7-25-14/h3,6-7,11-12H,2,4-5,8-10H2,1H3,(H2,24,26,27). The maximum Gasteiger partial charge on any atom is 0.421 e. The van der Waals surface area contributed by atoms with Gasteiger partial charge >= 0.3 is 12.4 Å². The highest BCUT2D eigenvalue weighted by molar-refractivity contribution is 5.79. The molecule has 1 heterocycles. The van der Waals surface area contributed by atoms with Crippen LogP contribution in [0.1, 0.15) is 31.2 Å². The summed E-state index contributed by atoms with van der Waals surface area (Å²) in [6.45, 7) is -0.0282. The van der Waals surface area contributed by atoms with Gasteiger partial charge in [0.2, 0.25) is 5.88 Å². The molecule has 5 nitrogen and oxygen atoms in total. The van der Waals surface area contributed by atoms with Crippen LogP contribution in [-0.2, 0) is 6.18 Å². The topological polar surface area (TPSA) is 58.5 Å². The van der Waals surface area contributed by atoms with Gasteiger partial charge in [0.15, 0.2) is 5.96 Å². The van der Waals surface area contributed by atoms with Gasteiger partial charge in [-0.1, -0.05) is 6.42 Å². The summed E-state index contributed by atoms with van der Waals surface area (Å²) < 4.78 is 82.4. The Bertz CT molecular complexity index is 662. The lowest BCUT2D eigenvalue weighted by molar-refractivity contribution is -0.183. The van der Waals surface area contributed by atoms with Gasteiger partial charge in [-0.15, -0.1) is 0 Å². The summed E-state index contributed by atoms with van der Waals surface area (Å²) in [6.07, 6.45) is -6.47. The molecule has 0 spiro atoms. The quantitative estimate of drug-likeness (QED) is 0.335. The van der Waals surface area contributed by atoms with Crippen molar-refractivity contribution in [2.75, 3.05) is 20.2 Å². The SMILES string of the molecule is CN=C(NCCOc1ncccc1C(F)(F)F)NC1CCCC(C(F)(F)F)C1. The molecule has 0 saturated heterocycles. The summed E-state index contributed by atoms with van der Waals surface area (Å²) in [5.41, 5.74) is -0.974. The van der Waals surface area contributed by atoms with E-state index in [0.717, 1.165) is 12.1 Å². The minimum atomic E-state index is -4.58. The fourth-order valence-electron chi connectivity index (χ4n) is 3.04. The summed E-state index contributed by atoms with van der Waals surface area (Å²) in [5.74, 6) is -1.60. The number of aliphatic imine (C=N–C) groups is 1.